The molecule has 0 N–H and O–H groups in total. The number of rotatable bonds is 6. The lowest BCUT2D eigenvalue weighted by Crippen LogP contribution is -2.29. The summed E-state index contributed by atoms with van der Waals surface area (Å²) in [5.41, 5.74) is 0. The van der Waals surface area contributed by atoms with Crippen molar-refractivity contribution in [3.63, 3.8) is 0 Å². The van der Waals surface area contributed by atoms with Crippen LogP contribution in [0.4, 0.5) is 8.78 Å². The van der Waals surface area contributed by atoms with Crippen molar-refractivity contribution in [1.29, 1.82) is 0 Å². The first kappa shape index (κ1) is 15.0. The van der Waals surface area contributed by atoms with Gasteiger partial charge >= 0.3 is 0 Å². The van der Waals surface area contributed by atoms with Gasteiger partial charge in [0.2, 0.25) is 10.0 Å². The normalized spacial score (nSPS) is 12.1. The fraction of sp³-hybridized carbons (Fsp3) is 0.455. The lowest BCUT2D eigenvalue weighted by atomic mass is 10.3. The molecule has 1 aromatic rings. The van der Waals surface area contributed by atoms with Crippen molar-refractivity contribution in [2.45, 2.75) is 11.3 Å². The Morgan fingerprint density at radius 3 is 2.61 bits per heavy atom. The number of halogens is 2. The molecule has 0 saturated carbocycles. The number of ether oxygens (including phenoxy) is 1. The molecule has 0 bridgehead atoms. The molecule has 0 atom stereocenters. The summed E-state index contributed by atoms with van der Waals surface area (Å²) in [6.45, 7) is 0.567. The topological polar surface area (TPSA) is 46.6 Å². The second-order valence-corrected chi connectivity index (χ2v) is 5.76. The summed E-state index contributed by atoms with van der Waals surface area (Å²) in [5, 5.41) is 0. The standard InChI is InChI=1S/C11H15F2NO3S/c1-14(6-3-7-17-2)18(15,16)11-8-9(12)4-5-10(11)13/h4-5,8H,3,6-7H2,1-2H3. The van der Waals surface area contributed by atoms with Crippen LogP contribution in [0.2, 0.25) is 0 Å². The van der Waals surface area contributed by atoms with Crippen molar-refractivity contribution >= 4 is 10.0 Å². The van der Waals surface area contributed by atoms with Crippen molar-refractivity contribution in [2.75, 3.05) is 27.3 Å². The Bertz CT molecular complexity index is 505. The van der Waals surface area contributed by atoms with Crippen LogP contribution in [0.3, 0.4) is 0 Å². The quantitative estimate of drug-likeness (QED) is 0.743. The Labute approximate surface area is 105 Å². The molecule has 0 radical (unpaired) electrons. The molecule has 7 heteroatoms. The molecule has 0 heterocycles. The number of nitrogens with zero attached hydrogens (tertiary/aromatic N) is 1. The van der Waals surface area contributed by atoms with E-state index < -0.39 is 26.6 Å². The number of benzene rings is 1. The van der Waals surface area contributed by atoms with E-state index in [1.165, 1.54) is 14.2 Å². The minimum absolute atomic E-state index is 0.173. The largest absolute Gasteiger partial charge is 0.385 e. The summed E-state index contributed by atoms with van der Waals surface area (Å²) in [7, 11) is -1.19. The Morgan fingerprint density at radius 2 is 2.00 bits per heavy atom. The van der Waals surface area contributed by atoms with Gasteiger partial charge in [0.1, 0.15) is 16.5 Å². The van der Waals surface area contributed by atoms with Crippen LogP contribution in [0.15, 0.2) is 23.1 Å². The molecule has 102 valence electrons. The zero-order valence-electron chi connectivity index (χ0n) is 10.2. The van der Waals surface area contributed by atoms with Gasteiger partial charge in [-0.1, -0.05) is 0 Å². The van der Waals surface area contributed by atoms with Crippen molar-refractivity contribution in [1.82, 2.24) is 4.31 Å². The molecular formula is C11H15F2NO3S. The third-order valence-corrected chi connectivity index (χ3v) is 4.27. The maximum absolute atomic E-state index is 13.4. The van der Waals surface area contributed by atoms with E-state index in [4.69, 9.17) is 4.74 Å². The second-order valence-electron chi connectivity index (χ2n) is 3.75. The zero-order chi connectivity index (χ0) is 13.8. The highest BCUT2D eigenvalue weighted by Gasteiger charge is 2.24. The molecular weight excluding hydrogens is 264 g/mol. The van der Waals surface area contributed by atoms with Crippen LogP contribution in [0.25, 0.3) is 0 Å². The van der Waals surface area contributed by atoms with E-state index in [1.807, 2.05) is 0 Å². The van der Waals surface area contributed by atoms with Gasteiger partial charge in [-0.05, 0) is 24.6 Å². The molecule has 0 saturated heterocycles. The van der Waals surface area contributed by atoms with Crippen molar-refractivity contribution in [3.8, 4) is 0 Å². The highest BCUT2D eigenvalue weighted by Crippen LogP contribution is 2.19. The summed E-state index contributed by atoms with van der Waals surface area (Å²) >= 11 is 0. The summed E-state index contributed by atoms with van der Waals surface area (Å²) in [5.74, 6) is -1.75. The Hall–Kier alpha value is -1.05. The molecule has 4 nitrogen and oxygen atoms in total. The van der Waals surface area contributed by atoms with E-state index in [9.17, 15) is 17.2 Å². The van der Waals surface area contributed by atoms with E-state index in [0.717, 1.165) is 16.4 Å². The highest BCUT2D eigenvalue weighted by molar-refractivity contribution is 7.89. The molecule has 1 rings (SSSR count). The third-order valence-electron chi connectivity index (χ3n) is 2.40. The molecule has 0 aliphatic rings. The molecule has 0 amide bonds. The van der Waals surface area contributed by atoms with E-state index in [1.54, 1.807) is 0 Å². The highest BCUT2D eigenvalue weighted by atomic mass is 32.2. The van der Waals surface area contributed by atoms with Gasteiger partial charge < -0.3 is 4.74 Å². The van der Waals surface area contributed by atoms with Crippen molar-refractivity contribution in [2.24, 2.45) is 0 Å². The molecule has 0 aliphatic heterocycles. The number of hydrogen-bond acceptors (Lipinski definition) is 3. The zero-order valence-corrected chi connectivity index (χ0v) is 11.0. The summed E-state index contributed by atoms with van der Waals surface area (Å²) in [6.07, 6.45) is 0.475. The predicted molar refractivity (Wildman–Crippen MR) is 62.7 cm³/mol. The van der Waals surface area contributed by atoms with Gasteiger partial charge in [-0.25, -0.2) is 21.5 Å². The first-order chi connectivity index (χ1) is 8.39. The Morgan fingerprint density at radius 1 is 1.33 bits per heavy atom. The lowest BCUT2D eigenvalue weighted by molar-refractivity contribution is 0.189. The van der Waals surface area contributed by atoms with E-state index in [0.29, 0.717) is 19.1 Å². The van der Waals surface area contributed by atoms with Crippen LogP contribution < -0.4 is 0 Å². The van der Waals surface area contributed by atoms with Crippen LogP contribution in [-0.2, 0) is 14.8 Å². The smallest absolute Gasteiger partial charge is 0.245 e. The summed E-state index contributed by atoms with van der Waals surface area (Å²) in [4.78, 5) is -0.651. The molecule has 0 fully saturated rings. The van der Waals surface area contributed by atoms with Crippen LogP contribution in [0, 0.1) is 11.6 Å². The van der Waals surface area contributed by atoms with Gasteiger partial charge in [0.25, 0.3) is 0 Å². The summed E-state index contributed by atoms with van der Waals surface area (Å²) in [6, 6.07) is 2.35. The minimum Gasteiger partial charge on any atom is -0.385 e. The average molecular weight is 279 g/mol. The van der Waals surface area contributed by atoms with Crippen LogP contribution in [0.5, 0.6) is 0 Å². The van der Waals surface area contributed by atoms with Crippen LogP contribution in [0.1, 0.15) is 6.42 Å². The van der Waals surface area contributed by atoms with Gasteiger partial charge in [-0.15, -0.1) is 0 Å². The molecule has 0 aromatic heterocycles. The lowest BCUT2D eigenvalue weighted by Gasteiger charge is -2.17. The summed E-state index contributed by atoms with van der Waals surface area (Å²) < 4.78 is 56.1. The predicted octanol–water partition coefficient (Wildman–Crippen LogP) is 1.62. The molecule has 0 unspecified atom stereocenters. The third kappa shape index (κ3) is 3.47. The monoisotopic (exact) mass is 279 g/mol. The van der Waals surface area contributed by atoms with Crippen molar-refractivity contribution in [3.05, 3.63) is 29.8 Å². The number of methoxy groups -OCH3 is 1. The maximum atomic E-state index is 13.4. The van der Waals surface area contributed by atoms with E-state index >= 15 is 0 Å². The number of hydrogen-bond donors (Lipinski definition) is 0. The van der Waals surface area contributed by atoms with Crippen molar-refractivity contribution < 1.29 is 21.9 Å². The second kappa shape index (κ2) is 6.21. The molecule has 18 heavy (non-hydrogen) atoms. The van der Waals surface area contributed by atoms with Gasteiger partial charge in [-0.3, -0.25) is 0 Å². The fourth-order valence-electron chi connectivity index (χ4n) is 1.39. The SMILES string of the molecule is COCCCN(C)S(=O)(=O)c1cc(F)ccc1F. The van der Waals surface area contributed by atoms with E-state index in [-0.39, 0.29) is 6.54 Å². The van der Waals surface area contributed by atoms with Crippen LogP contribution in [-0.4, -0.2) is 40.0 Å². The first-order valence-electron chi connectivity index (χ1n) is 5.30. The Balaban J connectivity index is 2.95. The van der Waals surface area contributed by atoms with E-state index in [2.05, 4.69) is 0 Å². The number of sulfonamides is 1. The Kier molecular flexibility index (Phi) is 5.18. The maximum Gasteiger partial charge on any atom is 0.245 e. The van der Waals surface area contributed by atoms with Gasteiger partial charge in [0.05, 0.1) is 0 Å². The van der Waals surface area contributed by atoms with Gasteiger partial charge in [-0.2, -0.15) is 0 Å². The molecule has 0 aliphatic carbocycles. The van der Waals surface area contributed by atoms with Gasteiger partial charge in [0, 0.05) is 27.3 Å². The fourth-order valence-corrected chi connectivity index (χ4v) is 2.68. The van der Waals surface area contributed by atoms with Crippen LogP contribution >= 0.6 is 0 Å². The minimum atomic E-state index is -4.01. The first-order valence-corrected chi connectivity index (χ1v) is 6.74. The molecule has 0 spiro atoms. The average Bonchev–Trinajstić information content (AvgIpc) is 2.32. The molecule has 1 aromatic carbocycles. The van der Waals surface area contributed by atoms with Gasteiger partial charge in [0.15, 0.2) is 0 Å².